The summed E-state index contributed by atoms with van der Waals surface area (Å²) in [4.78, 5) is 17.1. The Balaban J connectivity index is 1.32. The number of rotatable bonds is 6. The zero-order chi connectivity index (χ0) is 25.8. The number of aliphatic hydroxyl groups is 1. The SMILES string of the molecule is N=C(NCc1ccc(OC(F)(F)F)cc1)N1CCN(C(=O)[C@](O)(c2ccccc2)C2CCCC2)CC1. The Morgan fingerprint density at radius 1 is 0.972 bits per heavy atom. The summed E-state index contributed by atoms with van der Waals surface area (Å²) in [7, 11) is 0. The van der Waals surface area contributed by atoms with Crippen molar-refractivity contribution < 1.29 is 27.8 Å². The molecule has 1 aliphatic heterocycles. The first-order valence-electron chi connectivity index (χ1n) is 12.2. The minimum Gasteiger partial charge on any atom is -0.406 e. The lowest BCUT2D eigenvalue weighted by Crippen LogP contribution is -2.58. The lowest BCUT2D eigenvalue weighted by molar-refractivity contribution is -0.274. The first-order chi connectivity index (χ1) is 17.2. The molecule has 1 saturated carbocycles. The summed E-state index contributed by atoms with van der Waals surface area (Å²) in [5, 5.41) is 23.1. The zero-order valence-corrected chi connectivity index (χ0v) is 19.9. The number of ether oxygens (including phenoxy) is 1. The monoisotopic (exact) mass is 504 g/mol. The molecule has 1 atom stereocenters. The van der Waals surface area contributed by atoms with E-state index >= 15 is 0 Å². The van der Waals surface area contributed by atoms with Crippen LogP contribution in [0.5, 0.6) is 5.75 Å². The average molecular weight is 505 g/mol. The van der Waals surface area contributed by atoms with Gasteiger partial charge in [-0.25, -0.2) is 0 Å². The topological polar surface area (TPSA) is 88.9 Å². The van der Waals surface area contributed by atoms with Crippen LogP contribution in [0.25, 0.3) is 0 Å². The van der Waals surface area contributed by atoms with Gasteiger partial charge in [-0.15, -0.1) is 13.2 Å². The molecule has 1 amide bonds. The van der Waals surface area contributed by atoms with Gasteiger partial charge in [0.2, 0.25) is 0 Å². The normalized spacial score (nSPS) is 18.6. The van der Waals surface area contributed by atoms with E-state index in [0.717, 1.165) is 25.7 Å². The van der Waals surface area contributed by atoms with Crippen LogP contribution in [-0.2, 0) is 16.9 Å². The highest BCUT2D eigenvalue weighted by atomic mass is 19.4. The highest BCUT2D eigenvalue weighted by Crippen LogP contribution is 2.42. The molecule has 36 heavy (non-hydrogen) atoms. The predicted octanol–water partition coefficient (Wildman–Crippen LogP) is 3.83. The molecule has 2 aromatic rings. The molecule has 2 fully saturated rings. The molecule has 1 heterocycles. The molecule has 0 spiro atoms. The maximum absolute atomic E-state index is 13.6. The molecule has 194 valence electrons. The van der Waals surface area contributed by atoms with Crippen LogP contribution in [0, 0.1) is 11.3 Å². The van der Waals surface area contributed by atoms with Crippen molar-refractivity contribution in [3.05, 3.63) is 65.7 Å². The van der Waals surface area contributed by atoms with Gasteiger partial charge in [0.1, 0.15) is 5.75 Å². The molecule has 7 nitrogen and oxygen atoms in total. The lowest BCUT2D eigenvalue weighted by atomic mass is 9.79. The van der Waals surface area contributed by atoms with E-state index in [1.54, 1.807) is 4.90 Å². The van der Waals surface area contributed by atoms with Crippen molar-refractivity contribution in [2.75, 3.05) is 26.2 Å². The summed E-state index contributed by atoms with van der Waals surface area (Å²) in [6.45, 7) is 1.90. The van der Waals surface area contributed by atoms with E-state index in [2.05, 4.69) is 10.1 Å². The van der Waals surface area contributed by atoms with Gasteiger partial charge in [-0.3, -0.25) is 10.2 Å². The Morgan fingerprint density at radius 2 is 1.56 bits per heavy atom. The number of guanidine groups is 1. The molecule has 3 N–H and O–H groups in total. The Labute approximate surface area is 208 Å². The van der Waals surface area contributed by atoms with E-state index in [1.807, 2.05) is 35.2 Å². The van der Waals surface area contributed by atoms with Crippen molar-refractivity contribution in [1.82, 2.24) is 15.1 Å². The van der Waals surface area contributed by atoms with Gasteiger partial charge >= 0.3 is 6.36 Å². The average Bonchev–Trinajstić information content (AvgIpc) is 3.43. The first kappa shape index (κ1) is 25.8. The molecular formula is C26H31F3N4O3. The number of hydrogen-bond acceptors (Lipinski definition) is 4. The fraction of sp³-hybridized carbons (Fsp3) is 0.462. The number of nitrogens with one attached hydrogen (secondary N) is 2. The second kappa shape index (κ2) is 10.8. The van der Waals surface area contributed by atoms with Gasteiger partial charge in [0, 0.05) is 38.6 Å². The van der Waals surface area contributed by atoms with Crippen LogP contribution >= 0.6 is 0 Å². The molecule has 0 unspecified atom stereocenters. The van der Waals surface area contributed by atoms with Crippen LogP contribution < -0.4 is 10.1 Å². The quantitative estimate of drug-likeness (QED) is 0.411. The molecule has 0 radical (unpaired) electrons. The number of alkyl halides is 3. The van der Waals surface area contributed by atoms with Gasteiger partial charge in [0.15, 0.2) is 11.6 Å². The molecule has 2 aliphatic rings. The van der Waals surface area contributed by atoms with Crippen molar-refractivity contribution in [1.29, 1.82) is 5.41 Å². The largest absolute Gasteiger partial charge is 0.573 e. The number of halogens is 3. The van der Waals surface area contributed by atoms with Gasteiger partial charge in [-0.05, 0) is 36.1 Å². The van der Waals surface area contributed by atoms with Crippen molar-refractivity contribution >= 4 is 11.9 Å². The van der Waals surface area contributed by atoms with E-state index in [4.69, 9.17) is 5.41 Å². The van der Waals surface area contributed by atoms with E-state index in [-0.39, 0.29) is 30.1 Å². The van der Waals surface area contributed by atoms with E-state index in [9.17, 15) is 23.1 Å². The Kier molecular flexibility index (Phi) is 7.73. The first-order valence-corrected chi connectivity index (χ1v) is 12.2. The molecule has 1 saturated heterocycles. The zero-order valence-electron chi connectivity index (χ0n) is 19.9. The minimum absolute atomic E-state index is 0.113. The fourth-order valence-electron chi connectivity index (χ4n) is 5.05. The number of hydrogen-bond donors (Lipinski definition) is 3. The summed E-state index contributed by atoms with van der Waals surface area (Å²) in [5.74, 6) is -0.513. The van der Waals surface area contributed by atoms with E-state index < -0.39 is 12.0 Å². The van der Waals surface area contributed by atoms with Crippen molar-refractivity contribution in [3.8, 4) is 5.75 Å². The minimum atomic E-state index is -4.74. The highest BCUT2D eigenvalue weighted by Gasteiger charge is 2.48. The fourth-order valence-corrected chi connectivity index (χ4v) is 5.05. The van der Waals surface area contributed by atoms with Crippen molar-refractivity contribution in [3.63, 3.8) is 0 Å². The van der Waals surface area contributed by atoms with Crippen LogP contribution in [0.2, 0.25) is 0 Å². The summed E-state index contributed by atoms with van der Waals surface area (Å²) in [6.07, 6.45) is -1.10. The molecule has 0 bridgehead atoms. The molecule has 4 rings (SSSR count). The maximum atomic E-state index is 13.6. The number of benzene rings is 2. The summed E-state index contributed by atoms with van der Waals surface area (Å²) < 4.78 is 40.8. The van der Waals surface area contributed by atoms with Crippen LogP contribution in [0.15, 0.2) is 54.6 Å². The molecule has 0 aromatic heterocycles. The van der Waals surface area contributed by atoms with Crippen LogP contribution in [0.4, 0.5) is 13.2 Å². The third-order valence-corrected chi connectivity index (χ3v) is 6.99. The summed E-state index contributed by atoms with van der Waals surface area (Å²) >= 11 is 0. The van der Waals surface area contributed by atoms with Crippen molar-refractivity contribution in [2.45, 2.75) is 44.2 Å². The Morgan fingerprint density at radius 3 is 2.14 bits per heavy atom. The molecule has 2 aromatic carbocycles. The standard InChI is InChI=1S/C26H31F3N4O3/c27-26(28,29)36-22-12-10-19(11-13-22)18-31-24(30)33-16-14-32(15-17-33)23(34)25(35,21-8-4-5-9-21)20-6-2-1-3-7-20/h1-3,6-7,10-13,21,35H,4-5,8-9,14-18H2,(H2,30,31)/t25-/m0/s1. The van der Waals surface area contributed by atoms with Gasteiger partial charge < -0.3 is 25.0 Å². The van der Waals surface area contributed by atoms with E-state index in [0.29, 0.717) is 37.3 Å². The van der Waals surface area contributed by atoms with E-state index in [1.165, 1.54) is 24.3 Å². The van der Waals surface area contributed by atoms with Gasteiger partial charge in [0.25, 0.3) is 5.91 Å². The second-order valence-electron chi connectivity index (χ2n) is 9.29. The Bertz CT molecular complexity index is 1030. The molecular weight excluding hydrogens is 473 g/mol. The highest BCUT2D eigenvalue weighted by molar-refractivity contribution is 5.87. The smallest absolute Gasteiger partial charge is 0.406 e. The number of carbonyl (C=O) groups excluding carboxylic acids is 1. The number of nitrogens with zero attached hydrogens (tertiary/aromatic N) is 2. The predicted molar refractivity (Wildman–Crippen MR) is 128 cm³/mol. The number of piperazine rings is 1. The summed E-state index contributed by atoms with van der Waals surface area (Å²) in [6, 6.07) is 14.6. The third-order valence-electron chi connectivity index (χ3n) is 6.99. The molecule has 1 aliphatic carbocycles. The number of amides is 1. The Hall–Kier alpha value is -3.27. The molecule has 10 heteroatoms. The maximum Gasteiger partial charge on any atom is 0.573 e. The third kappa shape index (κ3) is 5.92. The summed E-state index contributed by atoms with van der Waals surface area (Å²) in [5.41, 5.74) is -0.216. The van der Waals surface area contributed by atoms with Crippen LogP contribution in [0.3, 0.4) is 0 Å². The van der Waals surface area contributed by atoms with Gasteiger partial charge in [0.05, 0.1) is 0 Å². The van der Waals surface area contributed by atoms with Gasteiger partial charge in [-0.2, -0.15) is 0 Å². The second-order valence-corrected chi connectivity index (χ2v) is 9.29. The van der Waals surface area contributed by atoms with Crippen LogP contribution in [0.1, 0.15) is 36.8 Å². The van der Waals surface area contributed by atoms with Crippen LogP contribution in [-0.4, -0.2) is 59.3 Å². The van der Waals surface area contributed by atoms with Crippen molar-refractivity contribution in [2.24, 2.45) is 5.92 Å². The van der Waals surface area contributed by atoms with Gasteiger partial charge in [-0.1, -0.05) is 55.3 Å². The lowest BCUT2D eigenvalue weighted by Gasteiger charge is -2.42. The number of carbonyl (C=O) groups is 1.